The zero-order valence-electron chi connectivity index (χ0n) is 10.8. The molecule has 0 aromatic carbocycles. The second-order valence-corrected chi connectivity index (χ2v) is 5.40. The van der Waals surface area contributed by atoms with Crippen LogP contribution in [0, 0.1) is 5.41 Å². The van der Waals surface area contributed by atoms with Crippen LogP contribution < -0.4 is 10.6 Å². The molecule has 1 amide bonds. The van der Waals surface area contributed by atoms with Crippen molar-refractivity contribution in [2.45, 2.75) is 57.9 Å². The normalized spacial score (nSPS) is 26.5. The Morgan fingerprint density at radius 3 is 2.65 bits per heavy atom. The van der Waals surface area contributed by atoms with Gasteiger partial charge in [0.1, 0.15) is 0 Å². The lowest BCUT2D eigenvalue weighted by molar-refractivity contribution is -0.137. The Morgan fingerprint density at radius 1 is 1.41 bits per heavy atom. The van der Waals surface area contributed by atoms with Crippen molar-refractivity contribution in [1.29, 1.82) is 0 Å². The molecule has 100 valence electrons. The van der Waals surface area contributed by atoms with E-state index >= 15 is 0 Å². The molecule has 0 radical (unpaired) electrons. The highest BCUT2D eigenvalue weighted by Crippen LogP contribution is 2.45. The first kappa shape index (κ1) is 14.8. The number of halogens is 1. The largest absolute Gasteiger partial charge is 0.352 e. The predicted molar refractivity (Wildman–Crippen MR) is 72.5 cm³/mol. The van der Waals surface area contributed by atoms with Crippen LogP contribution in [0.4, 0.5) is 0 Å². The molecule has 4 heteroatoms. The summed E-state index contributed by atoms with van der Waals surface area (Å²) >= 11 is 0. The zero-order chi connectivity index (χ0) is 11.4. The summed E-state index contributed by atoms with van der Waals surface area (Å²) in [7, 11) is 0. The molecule has 2 N–H and O–H groups in total. The van der Waals surface area contributed by atoms with E-state index in [1.807, 2.05) is 0 Å². The third-order valence-electron chi connectivity index (χ3n) is 4.15. The summed E-state index contributed by atoms with van der Waals surface area (Å²) in [6, 6.07) is 0.371. The van der Waals surface area contributed by atoms with Crippen LogP contribution in [0.1, 0.15) is 51.9 Å². The van der Waals surface area contributed by atoms with Crippen LogP contribution >= 0.6 is 12.4 Å². The molecule has 1 saturated carbocycles. The van der Waals surface area contributed by atoms with Gasteiger partial charge in [-0.15, -0.1) is 12.4 Å². The van der Waals surface area contributed by atoms with Gasteiger partial charge in [-0.25, -0.2) is 0 Å². The average Bonchev–Trinajstić information content (AvgIpc) is 2.24. The average molecular weight is 261 g/mol. The van der Waals surface area contributed by atoms with Crippen molar-refractivity contribution in [3.63, 3.8) is 0 Å². The van der Waals surface area contributed by atoms with Crippen LogP contribution in [0.2, 0.25) is 0 Å². The molecule has 1 aliphatic heterocycles. The molecule has 2 fully saturated rings. The van der Waals surface area contributed by atoms with Gasteiger partial charge in [-0.3, -0.25) is 4.79 Å². The highest BCUT2D eigenvalue weighted by molar-refractivity contribution is 5.85. The van der Waals surface area contributed by atoms with Crippen molar-refractivity contribution in [3.05, 3.63) is 0 Å². The van der Waals surface area contributed by atoms with Gasteiger partial charge in [-0.05, 0) is 38.6 Å². The fraction of sp³-hybridized carbons (Fsp3) is 0.923. The lowest BCUT2D eigenvalue weighted by atomic mass is 9.65. The van der Waals surface area contributed by atoms with Crippen molar-refractivity contribution < 1.29 is 4.79 Å². The Morgan fingerprint density at radius 2 is 2.18 bits per heavy atom. The minimum atomic E-state index is 0. The van der Waals surface area contributed by atoms with Crippen LogP contribution in [0.25, 0.3) is 0 Å². The molecule has 2 aliphatic rings. The summed E-state index contributed by atoms with van der Waals surface area (Å²) in [5.74, 6) is 0.328. The number of carbonyl (C=O) groups excluding carboxylic acids is 1. The molecule has 1 atom stereocenters. The van der Waals surface area contributed by atoms with Crippen LogP contribution in [0.15, 0.2) is 0 Å². The topological polar surface area (TPSA) is 41.1 Å². The smallest absolute Gasteiger partial charge is 0.226 e. The molecule has 0 aromatic rings. The Kier molecular flexibility index (Phi) is 5.74. The van der Waals surface area contributed by atoms with E-state index in [0.717, 1.165) is 45.2 Å². The molecule has 0 bridgehead atoms. The van der Waals surface area contributed by atoms with Crippen LogP contribution in [-0.4, -0.2) is 25.0 Å². The van der Waals surface area contributed by atoms with Gasteiger partial charge in [0.2, 0.25) is 5.91 Å². The fourth-order valence-electron chi connectivity index (χ4n) is 2.99. The highest BCUT2D eigenvalue weighted by Gasteiger charge is 2.43. The Labute approximate surface area is 111 Å². The van der Waals surface area contributed by atoms with E-state index in [1.54, 1.807) is 0 Å². The molecule has 2 rings (SSSR count). The summed E-state index contributed by atoms with van der Waals surface area (Å²) in [6.07, 6.45) is 7.96. The van der Waals surface area contributed by atoms with Crippen molar-refractivity contribution >= 4 is 18.3 Å². The molecule has 1 heterocycles. The maximum Gasteiger partial charge on any atom is 0.226 e. The van der Waals surface area contributed by atoms with Gasteiger partial charge >= 0.3 is 0 Å². The highest BCUT2D eigenvalue weighted by atomic mass is 35.5. The first-order valence-corrected chi connectivity index (χ1v) is 6.78. The van der Waals surface area contributed by atoms with Gasteiger partial charge < -0.3 is 10.6 Å². The fourth-order valence-corrected chi connectivity index (χ4v) is 2.99. The number of rotatable bonds is 4. The number of nitrogens with one attached hydrogen (secondary N) is 2. The summed E-state index contributed by atoms with van der Waals surface area (Å²) < 4.78 is 0. The summed E-state index contributed by atoms with van der Waals surface area (Å²) in [5, 5.41) is 6.59. The SMILES string of the molecule is CCCC1(C(=O)N[C@H]2CCCNC2)CCC1.Cl. The van der Waals surface area contributed by atoms with E-state index in [4.69, 9.17) is 0 Å². The Hall–Kier alpha value is -0.280. The summed E-state index contributed by atoms with van der Waals surface area (Å²) in [4.78, 5) is 12.3. The van der Waals surface area contributed by atoms with Crippen molar-refractivity contribution in [3.8, 4) is 0 Å². The van der Waals surface area contributed by atoms with Gasteiger partial charge in [-0.2, -0.15) is 0 Å². The number of hydrogen-bond donors (Lipinski definition) is 2. The molecule has 1 saturated heterocycles. The summed E-state index contributed by atoms with van der Waals surface area (Å²) in [6.45, 7) is 4.23. The number of amides is 1. The second-order valence-electron chi connectivity index (χ2n) is 5.40. The number of carbonyl (C=O) groups is 1. The lowest BCUT2D eigenvalue weighted by Gasteiger charge is -2.41. The minimum Gasteiger partial charge on any atom is -0.352 e. The summed E-state index contributed by atoms with van der Waals surface area (Å²) in [5.41, 5.74) is 0.00615. The van der Waals surface area contributed by atoms with Crippen molar-refractivity contribution in [2.75, 3.05) is 13.1 Å². The molecule has 0 unspecified atom stereocenters. The van der Waals surface area contributed by atoms with E-state index in [1.165, 1.54) is 12.8 Å². The van der Waals surface area contributed by atoms with Crippen LogP contribution in [0.3, 0.4) is 0 Å². The molecular formula is C13H25ClN2O. The standard InChI is InChI=1S/C13H24N2O.ClH/c1-2-6-13(7-4-8-13)12(16)15-11-5-3-9-14-10-11;/h11,14H,2-10H2,1H3,(H,15,16);1H/t11-;/m0./s1. The first-order chi connectivity index (χ1) is 7.77. The van der Waals surface area contributed by atoms with Crippen LogP contribution in [-0.2, 0) is 4.79 Å². The maximum atomic E-state index is 12.3. The van der Waals surface area contributed by atoms with E-state index in [0.29, 0.717) is 11.9 Å². The van der Waals surface area contributed by atoms with E-state index in [-0.39, 0.29) is 17.8 Å². The van der Waals surface area contributed by atoms with Gasteiger partial charge in [-0.1, -0.05) is 19.8 Å². The maximum absolute atomic E-state index is 12.3. The molecular weight excluding hydrogens is 236 g/mol. The van der Waals surface area contributed by atoms with E-state index in [9.17, 15) is 4.79 Å². The van der Waals surface area contributed by atoms with Crippen molar-refractivity contribution in [1.82, 2.24) is 10.6 Å². The van der Waals surface area contributed by atoms with Gasteiger partial charge in [0.15, 0.2) is 0 Å². The van der Waals surface area contributed by atoms with E-state index < -0.39 is 0 Å². The Balaban J connectivity index is 0.00000144. The molecule has 17 heavy (non-hydrogen) atoms. The van der Waals surface area contributed by atoms with Crippen LogP contribution in [0.5, 0.6) is 0 Å². The molecule has 0 spiro atoms. The molecule has 0 aromatic heterocycles. The minimum absolute atomic E-state index is 0. The van der Waals surface area contributed by atoms with Gasteiger partial charge in [0, 0.05) is 18.0 Å². The number of hydrogen-bond acceptors (Lipinski definition) is 2. The quantitative estimate of drug-likeness (QED) is 0.814. The first-order valence-electron chi connectivity index (χ1n) is 6.78. The number of piperidine rings is 1. The Bertz CT molecular complexity index is 248. The molecule has 1 aliphatic carbocycles. The lowest BCUT2D eigenvalue weighted by Crippen LogP contribution is -2.53. The monoisotopic (exact) mass is 260 g/mol. The van der Waals surface area contributed by atoms with Gasteiger partial charge in [0.05, 0.1) is 0 Å². The third kappa shape index (κ3) is 3.35. The van der Waals surface area contributed by atoms with Crippen molar-refractivity contribution in [2.24, 2.45) is 5.41 Å². The van der Waals surface area contributed by atoms with Gasteiger partial charge in [0.25, 0.3) is 0 Å². The predicted octanol–water partition coefficient (Wildman–Crippen LogP) is 2.25. The third-order valence-corrected chi connectivity index (χ3v) is 4.15. The molecule has 3 nitrogen and oxygen atoms in total. The van der Waals surface area contributed by atoms with E-state index in [2.05, 4.69) is 17.6 Å². The second kappa shape index (κ2) is 6.60. The zero-order valence-corrected chi connectivity index (χ0v) is 11.6.